The molecule has 0 aromatic heterocycles. The van der Waals surface area contributed by atoms with Gasteiger partial charge in [-0.15, -0.1) is 24.0 Å². The Balaban J connectivity index is 0.00000242. The van der Waals surface area contributed by atoms with Gasteiger partial charge in [-0.2, -0.15) is 0 Å². The van der Waals surface area contributed by atoms with Crippen molar-refractivity contribution in [2.24, 2.45) is 4.99 Å². The first-order valence-electron chi connectivity index (χ1n) is 7.60. The van der Waals surface area contributed by atoms with Crippen molar-refractivity contribution in [3.8, 4) is 0 Å². The molecule has 0 fully saturated rings. The lowest BCUT2D eigenvalue weighted by molar-refractivity contribution is 0.133. The molecule has 0 heterocycles. The SMILES string of the molecule is CCOCc1ccccc1CNC(=NC)NC1CC=CC1.I. The zero-order valence-electron chi connectivity index (χ0n) is 13.3. The summed E-state index contributed by atoms with van der Waals surface area (Å²) in [5, 5.41) is 6.83. The summed E-state index contributed by atoms with van der Waals surface area (Å²) in [6, 6.07) is 8.82. The van der Waals surface area contributed by atoms with E-state index in [4.69, 9.17) is 4.74 Å². The number of benzene rings is 1. The molecule has 1 aliphatic carbocycles. The highest BCUT2D eigenvalue weighted by molar-refractivity contribution is 14.0. The average Bonchev–Trinajstić information content (AvgIpc) is 3.03. The molecular formula is C17H26IN3O. The number of hydrogen-bond donors (Lipinski definition) is 2. The standard InChI is InChI=1S/C17H25N3O.HI/c1-3-21-13-15-9-5-4-8-14(15)12-19-17(18-2)20-16-10-6-7-11-16;/h4-9,16H,3,10-13H2,1-2H3,(H2,18,19,20);1H. The molecule has 0 radical (unpaired) electrons. The van der Waals surface area contributed by atoms with E-state index in [1.807, 2.05) is 14.0 Å². The third-order valence-corrected chi connectivity index (χ3v) is 3.60. The van der Waals surface area contributed by atoms with Crippen LogP contribution in [0.3, 0.4) is 0 Å². The lowest BCUT2D eigenvalue weighted by Crippen LogP contribution is -2.42. The fourth-order valence-electron chi connectivity index (χ4n) is 2.38. The molecular weight excluding hydrogens is 389 g/mol. The topological polar surface area (TPSA) is 45.6 Å². The highest BCUT2D eigenvalue weighted by Crippen LogP contribution is 2.11. The Bertz CT molecular complexity index is 494. The Hall–Kier alpha value is -1.08. The van der Waals surface area contributed by atoms with Gasteiger partial charge in [0.2, 0.25) is 0 Å². The fourth-order valence-corrected chi connectivity index (χ4v) is 2.38. The highest BCUT2D eigenvalue weighted by atomic mass is 127. The molecule has 0 saturated carbocycles. The number of ether oxygens (including phenoxy) is 1. The van der Waals surface area contributed by atoms with Crippen molar-refractivity contribution in [2.45, 2.75) is 39.0 Å². The molecule has 0 spiro atoms. The van der Waals surface area contributed by atoms with Crippen LogP contribution >= 0.6 is 24.0 Å². The molecule has 1 aromatic rings. The zero-order chi connectivity index (χ0) is 14.9. The average molecular weight is 415 g/mol. The third kappa shape index (κ3) is 5.96. The number of rotatable bonds is 6. The summed E-state index contributed by atoms with van der Waals surface area (Å²) in [7, 11) is 1.81. The summed E-state index contributed by atoms with van der Waals surface area (Å²) in [5.41, 5.74) is 2.48. The summed E-state index contributed by atoms with van der Waals surface area (Å²) in [4.78, 5) is 4.29. The van der Waals surface area contributed by atoms with E-state index >= 15 is 0 Å². The van der Waals surface area contributed by atoms with Gasteiger partial charge in [-0.3, -0.25) is 4.99 Å². The van der Waals surface area contributed by atoms with Gasteiger partial charge in [-0.05, 0) is 30.9 Å². The van der Waals surface area contributed by atoms with Crippen LogP contribution in [0.5, 0.6) is 0 Å². The predicted molar refractivity (Wildman–Crippen MR) is 103 cm³/mol. The van der Waals surface area contributed by atoms with E-state index in [2.05, 4.69) is 52.0 Å². The van der Waals surface area contributed by atoms with E-state index in [0.717, 1.165) is 32.0 Å². The normalized spacial score (nSPS) is 14.7. The molecule has 2 rings (SSSR count). The Labute approximate surface area is 150 Å². The van der Waals surface area contributed by atoms with Crippen LogP contribution in [0.1, 0.15) is 30.9 Å². The minimum Gasteiger partial charge on any atom is -0.377 e. The first-order valence-corrected chi connectivity index (χ1v) is 7.60. The molecule has 122 valence electrons. The maximum atomic E-state index is 5.52. The van der Waals surface area contributed by atoms with Crippen LogP contribution in [0.25, 0.3) is 0 Å². The largest absolute Gasteiger partial charge is 0.377 e. The molecule has 1 aromatic carbocycles. The molecule has 0 bridgehead atoms. The molecule has 0 aliphatic heterocycles. The van der Waals surface area contributed by atoms with Crippen LogP contribution in [0.4, 0.5) is 0 Å². The van der Waals surface area contributed by atoms with Crippen molar-refractivity contribution >= 4 is 29.9 Å². The van der Waals surface area contributed by atoms with Crippen LogP contribution in [0.15, 0.2) is 41.4 Å². The quantitative estimate of drug-likeness (QED) is 0.325. The lowest BCUT2D eigenvalue weighted by Gasteiger charge is -2.18. The number of guanidine groups is 1. The summed E-state index contributed by atoms with van der Waals surface area (Å²) in [6.45, 7) is 4.16. The van der Waals surface area contributed by atoms with Gasteiger partial charge in [-0.25, -0.2) is 0 Å². The third-order valence-electron chi connectivity index (χ3n) is 3.60. The molecule has 0 atom stereocenters. The van der Waals surface area contributed by atoms with Gasteiger partial charge in [0, 0.05) is 26.2 Å². The monoisotopic (exact) mass is 415 g/mol. The minimum atomic E-state index is 0. The maximum absolute atomic E-state index is 5.52. The van der Waals surface area contributed by atoms with Crippen molar-refractivity contribution < 1.29 is 4.74 Å². The van der Waals surface area contributed by atoms with Gasteiger partial charge in [0.1, 0.15) is 0 Å². The van der Waals surface area contributed by atoms with Crippen molar-refractivity contribution in [1.82, 2.24) is 10.6 Å². The van der Waals surface area contributed by atoms with Crippen LogP contribution in [-0.2, 0) is 17.9 Å². The second kappa shape index (κ2) is 10.6. The lowest BCUT2D eigenvalue weighted by atomic mass is 10.1. The Morgan fingerprint density at radius 2 is 1.91 bits per heavy atom. The maximum Gasteiger partial charge on any atom is 0.191 e. The minimum absolute atomic E-state index is 0. The van der Waals surface area contributed by atoms with Gasteiger partial charge in [0.25, 0.3) is 0 Å². The van der Waals surface area contributed by atoms with E-state index in [1.165, 1.54) is 11.1 Å². The Morgan fingerprint density at radius 3 is 2.55 bits per heavy atom. The van der Waals surface area contributed by atoms with Crippen molar-refractivity contribution in [3.63, 3.8) is 0 Å². The summed E-state index contributed by atoms with van der Waals surface area (Å²) in [6.07, 6.45) is 6.56. The number of aliphatic imine (C=N–C) groups is 1. The Kier molecular flexibility index (Phi) is 9.15. The first kappa shape index (κ1) is 19.0. The number of nitrogens with one attached hydrogen (secondary N) is 2. The smallest absolute Gasteiger partial charge is 0.191 e. The summed E-state index contributed by atoms with van der Waals surface area (Å²) in [5.74, 6) is 0.856. The van der Waals surface area contributed by atoms with Crippen molar-refractivity contribution in [2.75, 3.05) is 13.7 Å². The predicted octanol–water partition coefficient (Wildman–Crippen LogP) is 3.22. The van der Waals surface area contributed by atoms with E-state index in [9.17, 15) is 0 Å². The van der Waals surface area contributed by atoms with E-state index < -0.39 is 0 Å². The summed E-state index contributed by atoms with van der Waals surface area (Å²) < 4.78 is 5.52. The zero-order valence-corrected chi connectivity index (χ0v) is 15.7. The van der Waals surface area contributed by atoms with Crippen LogP contribution in [0, 0.1) is 0 Å². The number of nitrogens with zero attached hydrogens (tertiary/aromatic N) is 1. The van der Waals surface area contributed by atoms with Gasteiger partial charge >= 0.3 is 0 Å². The van der Waals surface area contributed by atoms with Crippen LogP contribution in [0.2, 0.25) is 0 Å². The van der Waals surface area contributed by atoms with Gasteiger partial charge < -0.3 is 15.4 Å². The second-order valence-corrected chi connectivity index (χ2v) is 5.12. The molecule has 0 amide bonds. The molecule has 0 unspecified atom stereocenters. The van der Waals surface area contributed by atoms with E-state index in [0.29, 0.717) is 12.6 Å². The molecule has 2 N–H and O–H groups in total. The molecule has 4 nitrogen and oxygen atoms in total. The molecule has 0 saturated heterocycles. The molecule has 5 heteroatoms. The van der Waals surface area contributed by atoms with E-state index in [1.54, 1.807) is 0 Å². The Morgan fingerprint density at radius 1 is 1.23 bits per heavy atom. The summed E-state index contributed by atoms with van der Waals surface area (Å²) >= 11 is 0. The highest BCUT2D eigenvalue weighted by Gasteiger charge is 2.11. The van der Waals surface area contributed by atoms with Crippen LogP contribution in [-0.4, -0.2) is 25.7 Å². The van der Waals surface area contributed by atoms with Crippen molar-refractivity contribution in [1.29, 1.82) is 0 Å². The van der Waals surface area contributed by atoms with Crippen LogP contribution < -0.4 is 10.6 Å². The van der Waals surface area contributed by atoms with Crippen molar-refractivity contribution in [3.05, 3.63) is 47.5 Å². The van der Waals surface area contributed by atoms with E-state index in [-0.39, 0.29) is 24.0 Å². The van der Waals surface area contributed by atoms with Gasteiger partial charge in [0.15, 0.2) is 5.96 Å². The molecule has 1 aliphatic rings. The molecule has 22 heavy (non-hydrogen) atoms. The second-order valence-electron chi connectivity index (χ2n) is 5.12. The fraction of sp³-hybridized carbons (Fsp3) is 0.471. The van der Waals surface area contributed by atoms with Gasteiger partial charge in [0.05, 0.1) is 6.61 Å². The number of halogens is 1. The van der Waals surface area contributed by atoms with Gasteiger partial charge in [-0.1, -0.05) is 36.4 Å². The first-order chi connectivity index (χ1) is 10.3. The number of hydrogen-bond acceptors (Lipinski definition) is 2.